The largest absolute Gasteiger partial charge is 0.493 e. The molecule has 9 nitrogen and oxygen atoms in total. The van der Waals surface area contributed by atoms with Gasteiger partial charge in [0.25, 0.3) is 10.0 Å². The zero-order valence-corrected chi connectivity index (χ0v) is 20.6. The lowest BCUT2D eigenvalue weighted by Gasteiger charge is -2.16. The molecule has 0 unspecified atom stereocenters. The van der Waals surface area contributed by atoms with Gasteiger partial charge in [-0.3, -0.25) is 9.52 Å². The molecule has 2 aromatic rings. The maximum atomic E-state index is 12.7. The molecule has 36 heavy (non-hydrogen) atoms. The maximum Gasteiger partial charge on any atom is 0.490 e. The van der Waals surface area contributed by atoms with Crippen LogP contribution in [0.15, 0.2) is 47.4 Å². The second-order valence-corrected chi connectivity index (χ2v) is 9.52. The second kappa shape index (κ2) is 11.5. The van der Waals surface area contributed by atoms with E-state index in [0.717, 1.165) is 24.8 Å². The van der Waals surface area contributed by atoms with Gasteiger partial charge in [-0.1, -0.05) is 19.1 Å². The zero-order valence-electron chi connectivity index (χ0n) is 19.8. The summed E-state index contributed by atoms with van der Waals surface area (Å²) >= 11 is 0. The van der Waals surface area contributed by atoms with Crippen LogP contribution < -0.4 is 19.5 Å². The number of nitrogens with one attached hydrogen (secondary N) is 2. The van der Waals surface area contributed by atoms with Gasteiger partial charge >= 0.3 is 12.1 Å². The van der Waals surface area contributed by atoms with Crippen molar-refractivity contribution in [2.45, 2.75) is 42.7 Å². The Hall–Kier alpha value is -3.48. The molecule has 1 aliphatic rings. The molecular formula is C23H27F3N2O7S. The number of hydrogen-bond donors (Lipinski definition) is 3. The summed E-state index contributed by atoms with van der Waals surface area (Å²) in [7, 11) is -0.861. The van der Waals surface area contributed by atoms with Gasteiger partial charge in [-0.05, 0) is 49.1 Å². The number of hydrogen-bond acceptors (Lipinski definition) is 6. The van der Waals surface area contributed by atoms with Crippen molar-refractivity contribution >= 4 is 27.6 Å². The van der Waals surface area contributed by atoms with Gasteiger partial charge < -0.3 is 19.9 Å². The summed E-state index contributed by atoms with van der Waals surface area (Å²) in [5.41, 5.74) is 0.851. The fraction of sp³-hybridized carbons (Fsp3) is 0.391. The fourth-order valence-electron chi connectivity index (χ4n) is 3.23. The Labute approximate surface area is 206 Å². The molecule has 1 fully saturated rings. The predicted molar refractivity (Wildman–Crippen MR) is 125 cm³/mol. The smallest absolute Gasteiger partial charge is 0.490 e. The zero-order chi connectivity index (χ0) is 27.1. The van der Waals surface area contributed by atoms with Crippen molar-refractivity contribution in [1.82, 2.24) is 5.32 Å². The number of anilines is 1. The van der Waals surface area contributed by atoms with Gasteiger partial charge in [-0.15, -0.1) is 0 Å². The van der Waals surface area contributed by atoms with Crippen LogP contribution in [0.5, 0.6) is 11.5 Å². The van der Waals surface area contributed by atoms with Crippen molar-refractivity contribution in [1.29, 1.82) is 0 Å². The average Bonchev–Trinajstić information content (AvgIpc) is 3.64. The van der Waals surface area contributed by atoms with Crippen molar-refractivity contribution in [3.8, 4) is 11.5 Å². The first-order chi connectivity index (χ1) is 16.8. The third kappa shape index (κ3) is 7.03. The van der Waals surface area contributed by atoms with Crippen molar-refractivity contribution in [2.75, 3.05) is 25.5 Å². The van der Waals surface area contributed by atoms with Crippen molar-refractivity contribution in [3.05, 3.63) is 48.0 Å². The van der Waals surface area contributed by atoms with Crippen LogP contribution in [0.1, 0.15) is 31.7 Å². The SMILES string of the molecule is CCCNC(=O)C1(c2ccc(NS(=O)(=O)c3ccc(OC)c(OC)c3)cc2)CC1.O=C(O)C(F)(F)F. The molecule has 0 aromatic heterocycles. The first kappa shape index (κ1) is 28.8. The minimum absolute atomic E-state index is 0.0398. The van der Waals surface area contributed by atoms with E-state index in [1.807, 2.05) is 19.1 Å². The third-order valence-electron chi connectivity index (χ3n) is 5.32. The van der Waals surface area contributed by atoms with E-state index in [1.54, 1.807) is 18.2 Å². The normalized spacial score (nSPS) is 14.1. The van der Waals surface area contributed by atoms with Crippen LogP contribution in [-0.2, 0) is 25.0 Å². The molecule has 198 valence electrons. The Balaban J connectivity index is 0.000000572. The summed E-state index contributed by atoms with van der Waals surface area (Å²) in [6, 6.07) is 11.4. The van der Waals surface area contributed by atoms with Crippen LogP contribution in [0, 0.1) is 0 Å². The minimum Gasteiger partial charge on any atom is -0.493 e. The van der Waals surface area contributed by atoms with E-state index in [9.17, 15) is 26.4 Å². The minimum atomic E-state index is -5.08. The Morgan fingerprint density at radius 2 is 1.58 bits per heavy atom. The molecule has 0 atom stereocenters. The molecule has 3 rings (SSSR count). The number of alkyl halides is 3. The monoisotopic (exact) mass is 532 g/mol. The molecule has 3 N–H and O–H groups in total. The fourth-order valence-corrected chi connectivity index (χ4v) is 4.31. The highest BCUT2D eigenvalue weighted by molar-refractivity contribution is 7.92. The number of amides is 1. The predicted octanol–water partition coefficient (Wildman–Crippen LogP) is 3.70. The van der Waals surface area contributed by atoms with E-state index >= 15 is 0 Å². The number of sulfonamides is 1. The molecular weight excluding hydrogens is 505 g/mol. The topological polar surface area (TPSA) is 131 Å². The number of methoxy groups -OCH3 is 2. The van der Waals surface area contributed by atoms with E-state index in [1.165, 1.54) is 26.4 Å². The van der Waals surface area contributed by atoms with Crippen LogP contribution in [-0.4, -0.2) is 52.3 Å². The second-order valence-electron chi connectivity index (χ2n) is 7.84. The maximum absolute atomic E-state index is 12.7. The van der Waals surface area contributed by atoms with Gasteiger partial charge in [0.1, 0.15) is 0 Å². The molecule has 2 aromatic carbocycles. The molecule has 0 bridgehead atoms. The van der Waals surface area contributed by atoms with Gasteiger partial charge in [0, 0.05) is 18.3 Å². The first-order valence-corrected chi connectivity index (χ1v) is 12.2. The quantitative estimate of drug-likeness (QED) is 0.449. The van der Waals surface area contributed by atoms with Crippen LogP contribution in [0.4, 0.5) is 18.9 Å². The van der Waals surface area contributed by atoms with Crippen molar-refractivity contribution < 1.29 is 45.8 Å². The lowest BCUT2D eigenvalue weighted by Crippen LogP contribution is -2.35. The number of ether oxygens (including phenoxy) is 2. The number of carbonyl (C=O) groups excluding carboxylic acids is 1. The number of benzene rings is 2. The van der Waals surface area contributed by atoms with E-state index in [-0.39, 0.29) is 10.8 Å². The van der Waals surface area contributed by atoms with E-state index in [0.29, 0.717) is 23.7 Å². The van der Waals surface area contributed by atoms with Gasteiger partial charge in [-0.2, -0.15) is 13.2 Å². The Kier molecular flexibility index (Phi) is 9.19. The Morgan fingerprint density at radius 1 is 1.03 bits per heavy atom. The third-order valence-corrected chi connectivity index (χ3v) is 6.70. The highest BCUT2D eigenvalue weighted by atomic mass is 32.2. The molecule has 1 amide bonds. The molecule has 13 heteroatoms. The summed E-state index contributed by atoms with van der Waals surface area (Å²) in [5, 5.41) is 10.1. The van der Waals surface area contributed by atoms with Gasteiger partial charge in [0.05, 0.1) is 24.5 Å². The number of aliphatic carboxylic acids is 1. The number of rotatable bonds is 9. The summed E-state index contributed by atoms with van der Waals surface area (Å²) in [6.07, 6.45) is -2.59. The summed E-state index contributed by atoms with van der Waals surface area (Å²) in [6.45, 7) is 2.67. The van der Waals surface area contributed by atoms with Crippen LogP contribution in [0.2, 0.25) is 0 Å². The van der Waals surface area contributed by atoms with E-state index < -0.39 is 27.6 Å². The van der Waals surface area contributed by atoms with Crippen molar-refractivity contribution in [2.24, 2.45) is 0 Å². The molecule has 0 spiro atoms. The Morgan fingerprint density at radius 3 is 2.03 bits per heavy atom. The summed E-state index contributed by atoms with van der Waals surface area (Å²) in [5.74, 6) is -1.93. The molecule has 0 aliphatic heterocycles. The standard InChI is InChI=1S/C21H26N2O5S.C2HF3O2/c1-4-13-22-20(24)21(11-12-21)15-5-7-16(8-6-15)23-29(25,26)17-9-10-18(27-2)19(14-17)28-3;3-2(4,5)1(6)7/h5-10,14,23H,4,11-13H2,1-3H3,(H,22,24);(H,6,7). The molecule has 1 saturated carbocycles. The highest BCUT2D eigenvalue weighted by Gasteiger charge is 2.51. The lowest BCUT2D eigenvalue weighted by molar-refractivity contribution is -0.192. The van der Waals surface area contributed by atoms with E-state index in [2.05, 4.69) is 10.0 Å². The molecule has 0 saturated heterocycles. The molecule has 0 radical (unpaired) electrons. The van der Waals surface area contributed by atoms with Gasteiger partial charge in [0.2, 0.25) is 5.91 Å². The van der Waals surface area contributed by atoms with Gasteiger partial charge in [0.15, 0.2) is 11.5 Å². The average molecular weight is 533 g/mol. The highest BCUT2D eigenvalue weighted by Crippen LogP contribution is 2.48. The number of carboxylic acids is 1. The lowest BCUT2D eigenvalue weighted by atomic mass is 9.95. The van der Waals surface area contributed by atoms with Crippen LogP contribution in [0.3, 0.4) is 0 Å². The number of carbonyl (C=O) groups is 2. The Bertz CT molecular complexity index is 1180. The van der Waals surface area contributed by atoms with Gasteiger partial charge in [-0.25, -0.2) is 13.2 Å². The van der Waals surface area contributed by atoms with Crippen molar-refractivity contribution in [3.63, 3.8) is 0 Å². The molecule has 1 aliphatic carbocycles. The molecule has 0 heterocycles. The number of halogens is 3. The van der Waals surface area contributed by atoms with Crippen LogP contribution >= 0.6 is 0 Å². The summed E-state index contributed by atoms with van der Waals surface area (Å²) in [4.78, 5) is 21.4. The number of carboxylic acid groups (broad SMARTS) is 1. The first-order valence-electron chi connectivity index (χ1n) is 10.7. The van der Waals surface area contributed by atoms with Crippen LogP contribution in [0.25, 0.3) is 0 Å². The summed E-state index contributed by atoms with van der Waals surface area (Å²) < 4.78 is 70.1. The van der Waals surface area contributed by atoms with E-state index in [4.69, 9.17) is 19.4 Å².